The van der Waals surface area contributed by atoms with Gasteiger partial charge in [-0.15, -0.1) is 0 Å². The number of amides is 1. The van der Waals surface area contributed by atoms with E-state index < -0.39 is 0 Å². The summed E-state index contributed by atoms with van der Waals surface area (Å²) in [4.78, 5) is 23.9. The molecule has 28 heavy (non-hydrogen) atoms. The fourth-order valence-electron chi connectivity index (χ4n) is 4.15. The minimum Gasteiger partial charge on any atom is -0.445 e. The number of carbonyl (C=O) groups is 1. The van der Waals surface area contributed by atoms with E-state index in [0.29, 0.717) is 19.5 Å². The first-order valence-electron chi connectivity index (χ1n) is 9.93. The maximum Gasteiger partial charge on any atom is 0.226 e. The molecule has 144 valence electrons. The zero-order chi connectivity index (χ0) is 18.9. The molecule has 0 saturated carbocycles. The Balaban J connectivity index is 1.23. The molecule has 3 aromatic rings. The molecule has 2 aliphatic rings. The van der Waals surface area contributed by atoms with Gasteiger partial charge in [-0.05, 0) is 18.4 Å². The minimum absolute atomic E-state index is 0.0114. The van der Waals surface area contributed by atoms with Gasteiger partial charge in [-0.25, -0.2) is 9.97 Å². The van der Waals surface area contributed by atoms with Gasteiger partial charge in [-0.2, -0.15) is 5.10 Å². The van der Waals surface area contributed by atoms with Crippen molar-refractivity contribution in [3.63, 3.8) is 0 Å². The van der Waals surface area contributed by atoms with Gasteiger partial charge in [0, 0.05) is 38.3 Å². The van der Waals surface area contributed by atoms with Gasteiger partial charge in [0.15, 0.2) is 5.89 Å². The number of oxazole rings is 1. The maximum absolute atomic E-state index is 13.0. The highest BCUT2D eigenvalue weighted by Gasteiger charge is 2.32. The number of fused-ring (bicyclic) bond motifs is 2. The first-order valence-corrected chi connectivity index (χ1v) is 9.93. The van der Waals surface area contributed by atoms with E-state index in [1.807, 2.05) is 27.8 Å². The van der Waals surface area contributed by atoms with Crippen molar-refractivity contribution in [1.82, 2.24) is 24.6 Å². The highest BCUT2D eigenvalue weighted by Crippen LogP contribution is 2.25. The van der Waals surface area contributed by atoms with Crippen molar-refractivity contribution in [3.8, 4) is 0 Å². The lowest BCUT2D eigenvalue weighted by Crippen LogP contribution is -2.42. The van der Waals surface area contributed by atoms with E-state index in [0.717, 1.165) is 55.4 Å². The summed E-state index contributed by atoms with van der Waals surface area (Å²) < 4.78 is 7.86. The standard InChI is InChI=1S/C21H23N5O2/c27-21(16-8-11-26-19(12-16)22-14-23-26)25-10-9-18-17(13-25)24-20(28-18)7-6-15-4-2-1-3-5-15/h1-5,14,16H,6-13H2. The summed E-state index contributed by atoms with van der Waals surface area (Å²) >= 11 is 0. The number of aryl methyl sites for hydroxylation is 3. The Morgan fingerprint density at radius 1 is 1.18 bits per heavy atom. The molecule has 2 aliphatic heterocycles. The van der Waals surface area contributed by atoms with Gasteiger partial charge < -0.3 is 9.32 Å². The summed E-state index contributed by atoms with van der Waals surface area (Å²) in [5.74, 6) is 2.81. The fourth-order valence-corrected chi connectivity index (χ4v) is 4.15. The van der Waals surface area contributed by atoms with Crippen LogP contribution >= 0.6 is 0 Å². The first kappa shape index (κ1) is 17.2. The molecular formula is C21H23N5O2. The van der Waals surface area contributed by atoms with Crippen molar-refractivity contribution >= 4 is 5.91 Å². The van der Waals surface area contributed by atoms with Gasteiger partial charge in [0.2, 0.25) is 5.91 Å². The molecule has 0 N–H and O–H groups in total. The fraction of sp³-hybridized carbons (Fsp3) is 0.429. The van der Waals surface area contributed by atoms with Crippen LogP contribution in [-0.2, 0) is 43.6 Å². The van der Waals surface area contributed by atoms with Crippen LogP contribution in [0, 0.1) is 5.92 Å². The average molecular weight is 377 g/mol. The second-order valence-electron chi connectivity index (χ2n) is 7.56. The van der Waals surface area contributed by atoms with Crippen LogP contribution in [0.5, 0.6) is 0 Å². The lowest BCUT2D eigenvalue weighted by molar-refractivity contribution is -0.137. The Morgan fingerprint density at radius 2 is 2.07 bits per heavy atom. The van der Waals surface area contributed by atoms with E-state index in [9.17, 15) is 4.79 Å². The molecule has 1 amide bonds. The highest BCUT2D eigenvalue weighted by molar-refractivity contribution is 5.79. The molecule has 5 rings (SSSR count). The van der Waals surface area contributed by atoms with Gasteiger partial charge in [0.25, 0.3) is 0 Å². The Hall–Kier alpha value is -2.96. The Bertz CT molecular complexity index is 978. The van der Waals surface area contributed by atoms with Crippen LogP contribution in [0.2, 0.25) is 0 Å². The van der Waals surface area contributed by atoms with E-state index in [1.165, 1.54) is 5.56 Å². The van der Waals surface area contributed by atoms with Crippen molar-refractivity contribution in [2.24, 2.45) is 5.92 Å². The lowest BCUT2D eigenvalue weighted by Gasteiger charge is -2.30. The maximum atomic E-state index is 13.0. The van der Waals surface area contributed by atoms with E-state index in [4.69, 9.17) is 4.42 Å². The molecule has 7 nitrogen and oxygen atoms in total. The quantitative estimate of drug-likeness (QED) is 0.697. The number of carbonyl (C=O) groups excluding carboxylic acids is 1. The smallest absolute Gasteiger partial charge is 0.226 e. The van der Waals surface area contributed by atoms with Crippen LogP contribution in [-0.4, -0.2) is 37.1 Å². The van der Waals surface area contributed by atoms with E-state index in [1.54, 1.807) is 6.33 Å². The van der Waals surface area contributed by atoms with Crippen molar-refractivity contribution < 1.29 is 9.21 Å². The van der Waals surface area contributed by atoms with Crippen molar-refractivity contribution in [2.45, 2.75) is 45.2 Å². The molecule has 0 aliphatic carbocycles. The molecule has 1 unspecified atom stereocenters. The number of hydrogen-bond acceptors (Lipinski definition) is 5. The van der Waals surface area contributed by atoms with E-state index in [2.05, 4.69) is 27.2 Å². The molecule has 2 aromatic heterocycles. The minimum atomic E-state index is -0.0114. The molecule has 1 aromatic carbocycles. The van der Waals surface area contributed by atoms with Gasteiger partial charge in [-0.3, -0.25) is 9.48 Å². The van der Waals surface area contributed by atoms with Gasteiger partial charge in [-0.1, -0.05) is 30.3 Å². The number of aromatic nitrogens is 4. The second kappa shape index (κ2) is 7.22. The zero-order valence-electron chi connectivity index (χ0n) is 15.8. The van der Waals surface area contributed by atoms with Crippen LogP contribution in [0.15, 0.2) is 41.1 Å². The SMILES string of the molecule is O=C(C1CCn2ncnc2C1)N1CCc2oc(CCc3ccccc3)nc2C1. The first-order chi connectivity index (χ1) is 13.8. The molecule has 0 bridgehead atoms. The summed E-state index contributed by atoms with van der Waals surface area (Å²) in [6.07, 6.45) is 5.49. The van der Waals surface area contributed by atoms with Crippen LogP contribution in [0.25, 0.3) is 0 Å². The Kier molecular flexibility index (Phi) is 4.43. The van der Waals surface area contributed by atoms with Gasteiger partial charge in [0.1, 0.15) is 23.6 Å². The molecule has 0 saturated heterocycles. The van der Waals surface area contributed by atoms with E-state index in [-0.39, 0.29) is 11.8 Å². The summed E-state index contributed by atoms with van der Waals surface area (Å²) in [5.41, 5.74) is 2.20. The van der Waals surface area contributed by atoms with Crippen LogP contribution in [0.1, 0.15) is 35.2 Å². The van der Waals surface area contributed by atoms with Crippen LogP contribution < -0.4 is 0 Å². The average Bonchev–Trinajstić information content (AvgIpc) is 3.37. The predicted molar refractivity (Wildman–Crippen MR) is 101 cm³/mol. The number of benzene rings is 1. The Morgan fingerprint density at radius 3 is 2.96 bits per heavy atom. The summed E-state index contributed by atoms with van der Waals surface area (Å²) in [6.45, 7) is 2.01. The summed E-state index contributed by atoms with van der Waals surface area (Å²) in [7, 11) is 0. The highest BCUT2D eigenvalue weighted by atomic mass is 16.4. The van der Waals surface area contributed by atoms with Crippen LogP contribution in [0.3, 0.4) is 0 Å². The topological polar surface area (TPSA) is 77.0 Å². The molecule has 4 heterocycles. The third-order valence-electron chi connectivity index (χ3n) is 5.72. The van der Waals surface area contributed by atoms with E-state index >= 15 is 0 Å². The third-order valence-corrected chi connectivity index (χ3v) is 5.72. The van der Waals surface area contributed by atoms with Gasteiger partial charge >= 0.3 is 0 Å². The zero-order valence-corrected chi connectivity index (χ0v) is 15.8. The summed E-state index contributed by atoms with van der Waals surface area (Å²) in [5, 5.41) is 4.19. The lowest BCUT2D eigenvalue weighted by atomic mass is 9.95. The molecule has 0 spiro atoms. The van der Waals surface area contributed by atoms with Crippen molar-refractivity contribution in [2.75, 3.05) is 6.54 Å². The molecule has 0 fully saturated rings. The molecular weight excluding hydrogens is 354 g/mol. The third kappa shape index (κ3) is 3.32. The number of hydrogen-bond donors (Lipinski definition) is 0. The van der Waals surface area contributed by atoms with Gasteiger partial charge in [0.05, 0.1) is 6.54 Å². The second-order valence-corrected chi connectivity index (χ2v) is 7.56. The molecule has 0 radical (unpaired) electrons. The molecule has 1 atom stereocenters. The van der Waals surface area contributed by atoms with Crippen molar-refractivity contribution in [1.29, 1.82) is 0 Å². The molecule has 7 heteroatoms. The number of rotatable bonds is 4. The monoisotopic (exact) mass is 377 g/mol. The number of nitrogens with zero attached hydrogens (tertiary/aromatic N) is 5. The van der Waals surface area contributed by atoms with Crippen molar-refractivity contribution in [3.05, 3.63) is 65.4 Å². The largest absolute Gasteiger partial charge is 0.445 e. The normalized spacial score (nSPS) is 18.6. The van der Waals surface area contributed by atoms with Crippen LogP contribution in [0.4, 0.5) is 0 Å². The summed E-state index contributed by atoms with van der Waals surface area (Å²) in [6, 6.07) is 10.4. The predicted octanol–water partition coefficient (Wildman–Crippen LogP) is 2.20. The Labute approximate surface area is 163 Å².